The standard InChI is InChI=1S/C26H33ClN6O2S/c1-19(2)33-11-9-32(10-12-33)18-20-5-7-21(8-6-20)22-13-24(17-28-15-22)30-36(34,35)25-14-23(27)16-29-26(25)31(3)4/h5-8,13-17,19,30H,9-12,18H2,1-4H3. The summed E-state index contributed by atoms with van der Waals surface area (Å²) in [6, 6.07) is 12.1. The lowest BCUT2D eigenvalue weighted by Gasteiger charge is -2.36. The van der Waals surface area contributed by atoms with Crippen LogP contribution in [0.15, 0.2) is 59.9 Å². The van der Waals surface area contributed by atoms with Gasteiger partial charge in [0.2, 0.25) is 0 Å². The zero-order valence-corrected chi connectivity index (χ0v) is 22.7. The van der Waals surface area contributed by atoms with Gasteiger partial charge in [-0.3, -0.25) is 19.5 Å². The number of hydrogen-bond donors (Lipinski definition) is 1. The highest BCUT2D eigenvalue weighted by Crippen LogP contribution is 2.28. The van der Waals surface area contributed by atoms with Crippen LogP contribution in [-0.4, -0.2) is 74.5 Å². The number of hydrogen-bond acceptors (Lipinski definition) is 7. The third-order valence-electron chi connectivity index (χ3n) is 6.33. The zero-order chi connectivity index (χ0) is 25.9. The summed E-state index contributed by atoms with van der Waals surface area (Å²) in [5, 5.41) is 0.245. The molecule has 0 saturated carbocycles. The van der Waals surface area contributed by atoms with Gasteiger partial charge in [0.1, 0.15) is 10.7 Å². The van der Waals surface area contributed by atoms with Gasteiger partial charge in [0, 0.05) is 70.8 Å². The fourth-order valence-corrected chi connectivity index (χ4v) is 5.82. The first-order chi connectivity index (χ1) is 17.1. The summed E-state index contributed by atoms with van der Waals surface area (Å²) in [4.78, 5) is 15.1. The Balaban J connectivity index is 1.46. The molecule has 3 aromatic rings. The number of anilines is 2. The lowest BCUT2D eigenvalue weighted by molar-refractivity contribution is 0.104. The first-order valence-corrected chi connectivity index (χ1v) is 13.8. The molecule has 10 heteroatoms. The van der Waals surface area contributed by atoms with E-state index in [0.29, 0.717) is 17.5 Å². The molecule has 4 rings (SSSR count). The lowest BCUT2D eigenvalue weighted by Crippen LogP contribution is -2.48. The van der Waals surface area contributed by atoms with Crippen molar-refractivity contribution in [2.24, 2.45) is 0 Å². The van der Waals surface area contributed by atoms with Gasteiger partial charge in [-0.05, 0) is 37.1 Å². The topological polar surface area (TPSA) is 81.7 Å². The van der Waals surface area contributed by atoms with Crippen molar-refractivity contribution in [3.05, 3.63) is 65.6 Å². The molecule has 0 aliphatic carbocycles. The number of halogens is 1. The Morgan fingerprint density at radius 3 is 2.33 bits per heavy atom. The number of sulfonamides is 1. The fourth-order valence-electron chi connectivity index (χ4n) is 4.31. The molecule has 36 heavy (non-hydrogen) atoms. The molecule has 1 aromatic carbocycles. The van der Waals surface area contributed by atoms with Gasteiger partial charge in [0.05, 0.1) is 16.9 Å². The van der Waals surface area contributed by atoms with Gasteiger partial charge in [-0.15, -0.1) is 0 Å². The second kappa shape index (κ2) is 11.1. The summed E-state index contributed by atoms with van der Waals surface area (Å²) in [7, 11) is -0.473. The smallest absolute Gasteiger partial charge is 0.265 e. The van der Waals surface area contributed by atoms with E-state index < -0.39 is 10.0 Å². The van der Waals surface area contributed by atoms with E-state index >= 15 is 0 Å². The van der Waals surface area contributed by atoms with Gasteiger partial charge in [-0.25, -0.2) is 13.4 Å². The highest BCUT2D eigenvalue weighted by molar-refractivity contribution is 7.92. The summed E-state index contributed by atoms with van der Waals surface area (Å²) in [5.74, 6) is 0.303. The third-order valence-corrected chi connectivity index (χ3v) is 7.92. The van der Waals surface area contributed by atoms with Gasteiger partial charge in [0.15, 0.2) is 0 Å². The van der Waals surface area contributed by atoms with Crippen molar-refractivity contribution in [3.63, 3.8) is 0 Å². The van der Waals surface area contributed by atoms with Gasteiger partial charge >= 0.3 is 0 Å². The SMILES string of the molecule is CC(C)N1CCN(Cc2ccc(-c3cncc(NS(=O)(=O)c4cc(Cl)cnc4N(C)C)c3)cc2)CC1. The molecule has 0 amide bonds. The van der Waals surface area contributed by atoms with Gasteiger partial charge in [-0.1, -0.05) is 35.9 Å². The molecule has 0 bridgehead atoms. The number of nitrogens with zero attached hydrogens (tertiary/aromatic N) is 5. The molecule has 1 fully saturated rings. The molecule has 0 unspecified atom stereocenters. The van der Waals surface area contributed by atoms with E-state index in [-0.39, 0.29) is 9.92 Å². The molecular weight excluding hydrogens is 496 g/mol. The Kier molecular flexibility index (Phi) is 8.14. The van der Waals surface area contributed by atoms with Crippen molar-refractivity contribution in [2.45, 2.75) is 31.3 Å². The van der Waals surface area contributed by atoms with E-state index in [4.69, 9.17) is 11.6 Å². The van der Waals surface area contributed by atoms with E-state index in [2.05, 4.69) is 62.6 Å². The first kappa shape index (κ1) is 26.3. The van der Waals surface area contributed by atoms with Crippen LogP contribution in [0.5, 0.6) is 0 Å². The van der Waals surface area contributed by atoms with Crippen molar-refractivity contribution in [1.29, 1.82) is 0 Å². The summed E-state index contributed by atoms with van der Waals surface area (Å²) in [6.07, 6.45) is 4.64. The van der Waals surface area contributed by atoms with Crippen LogP contribution in [-0.2, 0) is 16.6 Å². The molecule has 1 N–H and O–H groups in total. The summed E-state index contributed by atoms with van der Waals surface area (Å²) >= 11 is 6.04. The molecule has 1 saturated heterocycles. The van der Waals surface area contributed by atoms with Crippen LogP contribution in [0.4, 0.5) is 11.5 Å². The average Bonchev–Trinajstić information content (AvgIpc) is 2.84. The maximum Gasteiger partial charge on any atom is 0.265 e. The minimum atomic E-state index is -3.93. The van der Waals surface area contributed by atoms with Crippen LogP contribution in [0.2, 0.25) is 5.02 Å². The van der Waals surface area contributed by atoms with E-state index in [1.54, 1.807) is 31.3 Å². The summed E-state index contributed by atoms with van der Waals surface area (Å²) in [6.45, 7) is 9.77. The summed E-state index contributed by atoms with van der Waals surface area (Å²) in [5.41, 5.74) is 3.41. The van der Waals surface area contributed by atoms with E-state index in [0.717, 1.165) is 43.9 Å². The Bertz CT molecular complexity index is 1290. The monoisotopic (exact) mass is 528 g/mol. The van der Waals surface area contributed by atoms with Gasteiger partial charge in [-0.2, -0.15) is 0 Å². The second-order valence-corrected chi connectivity index (χ2v) is 11.6. The number of pyridine rings is 2. The van der Waals surface area contributed by atoms with Crippen molar-refractivity contribution in [2.75, 3.05) is 49.9 Å². The Hall–Kier alpha value is -2.72. The molecule has 8 nitrogen and oxygen atoms in total. The minimum absolute atomic E-state index is 0.00369. The second-order valence-electron chi connectivity index (χ2n) is 9.54. The van der Waals surface area contributed by atoms with Crippen molar-refractivity contribution < 1.29 is 8.42 Å². The van der Waals surface area contributed by atoms with E-state index in [9.17, 15) is 8.42 Å². The maximum atomic E-state index is 13.1. The predicted molar refractivity (Wildman–Crippen MR) is 146 cm³/mol. The third kappa shape index (κ3) is 6.34. The van der Waals surface area contributed by atoms with Gasteiger partial charge < -0.3 is 4.90 Å². The van der Waals surface area contributed by atoms with Crippen LogP contribution in [0.25, 0.3) is 11.1 Å². The largest absolute Gasteiger partial charge is 0.362 e. The van der Waals surface area contributed by atoms with Gasteiger partial charge in [0.25, 0.3) is 10.0 Å². The number of benzene rings is 1. The van der Waals surface area contributed by atoms with Crippen LogP contribution < -0.4 is 9.62 Å². The number of rotatable bonds is 8. The molecule has 0 radical (unpaired) electrons. The number of piperazine rings is 1. The Labute approximate surface area is 219 Å². The predicted octanol–water partition coefficient (Wildman–Crippen LogP) is 4.19. The number of nitrogens with one attached hydrogen (secondary N) is 1. The molecule has 1 aliphatic heterocycles. The highest BCUT2D eigenvalue weighted by Gasteiger charge is 2.22. The average molecular weight is 529 g/mol. The quantitative estimate of drug-likeness (QED) is 0.469. The Morgan fingerprint density at radius 2 is 1.69 bits per heavy atom. The molecule has 0 atom stereocenters. The van der Waals surface area contributed by atoms with Crippen molar-refractivity contribution >= 4 is 33.1 Å². The van der Waals surface area contributed by atoms with Crippen LogP contribution in [0.3, 0.4) is 0 Å². The maximum absolute atomic E-state index is 13.1. The molecule has 192 valence electrons. The normalized spacial score (nSPS) is 15.3. The molecular formula is C26H33ClN6O2S. The highest BCUT2D eigenvalue weighted by atomic mass is 35.5. The fraction of sp³-hybridized carbons (Fsp3) is 0.385. The van der Waals surface area contributed by atoms with Crippen LogP contribution >= 0.6 is 11.6 Å². The minimum Gasteiger partial charge on any atom is -0.362 e. The van der Waals surface area contributed by atoms with E-state index in [1.807, 2.05) is 0 Å². The molecule has 0 spiro atoms. The van der Waals surface area contributed by atoms with E-state index in [1.165, 1.54) is 24.0 Å². The molecule has 3 heterocycles. The molecule has 1 aliphatic rings. The van der Waals surface area contributed by atoms with Crippen LogP contribution in [0, 0.1) is 0 Å². The van der Waals surface area contributed by atoms with Crippen molar-refractivity contribution in [3.8, 4) is 11.1 Å². The zero-order valence-electron chi connectivity index (χ0n) is 21.1. The number of aromatic nitrogens is 2. The molecule has 2 aromatic heterocycles. The Morgan fingerprint density at radius 1 is 1.00 bits per heavy atom. The first-order valence-electron chi connectivity index (χ1n) is 12.0. The lowest BCUT2D eigenvalue weighted by atomic mass is 10.0. The van der Waals surface area contributed by atoms with Crippen molar-refractivity contribution in [1.82, 2.24) is 19.8 Å². The summed E-state index contributed by atoms with van der Waals surface area (Å²) < 4.78 is 28.9. The van der Waals surface area contributed by atoms with Crippen LogP contribution in [0.1, 0.15) is 19.4 Å².